The van der Waals surface area contributed by atoms with Gasteiger partial charge in [-0.15, -0.1) is 0 Å². The number of carbonyl (C=O) groups excluding carboxylic acids is 1. The highest BCUT2D eigenvalue weighted by molar-refractivity contribution is 5.73. The Morgan fingerprint density at radius 2 is 1.88 bits per heavy atom. The van der Waals surface area contributed by atoms with E-state index >= 15 is 0 Å². The van der Waals surface area contributed by atoms with Crippen LogP contribution in [0.25, 0.3) is 11.1 Å². The first kappa shape index (κ1) is 25.1. The number of ether oxygens (including phenoxy) is 2. The van der Waals surface area contributed by atoms with Gasteiger partial charge in [0.2, 0.25) is 5.91 Å². The number of carbonyl (C=O) groups is 1. The van der Waals surface area contributed by atoms with Crippen molar-refractivity contribution in [3.05, 3.63) is 53.8 Å². The number of hydrogen-bond acceptors (Lipinski definition) is 5. The standard InChI is InChI=1S/C26H34FNO5/c1-3-4-14-32-23-10-11-24(26(31)25(23)30)33-21-9-8-18(12-13-28-17(2)29)22(16-21)19-6-5-7-20(27)15-19/h5-9,15-16,23-26,30-31H,3-4,10-14H2,1-2H3,(H,28,29). The van der Waals surface area contributed by atoms with Crippen LogP contribution in [0.5, 0.6) is 5.75 Å². The van der Waals surface area contributed by atoms with E-state index in [4.69, 9.17) is 9.47 Å². The van der Waals surface area contributed by atoms with E-state index in [1.807, 2.05) is 18.2 Å². The normalized spacial score (nSPS) is 22.7. The molecule has 4 unspecified atom stereocenters. The molecule has 0 bridgehead atoms. The summed E-state index contributed by atoms with van der Waals surface area (Å²) in [6.45, 7) is 4.56. The summed E-state index contributed by atoms with van der Waals surface area (Å²) in [6, 6.07) is 11.8. The molecular formula is C26H34FNO5. The van der Waals surface area contributed by atoms with Crippen molar-refractivity contribution in [2.75, 3.05) is 13.2 Å². The molecule has 4 atom stereocenters. The minimum Gasteiger partial charge on any atom is -0.488 e. The lowest BCUT2D eigenvalue weighted by Gasteiger charge is -2.37. The van der Waals surface area contributed by atoms with Crippen LogP contribution in [0.1, 0.15) is 45.1 Å². The van der Waals surface area contributed by atoms with Crippen molar-refractivity contribution in [1.29, 1.82) is 0 Å². The molecule has 7 heteroatoms. The van der Waals surface area contributed by atoms with Gasteiger partial charge >= 0.3 is 0 Å². The fraction of sp³-hybridized carbons (Fsp3) is 0.500. The number of hydrogen-bond donors (Lipinski definition) is 3. The quantitative estimate of drug-likeness (QED) is 0.473. The lowest BCUT2D eigenvalue weighted by molar-refractivity contribution is -0.147. The first-order valence-electron chi connectivity index (χ1n) is 11.7. The first-order valence-corrected chi connectivity index (χ1v) is 11.7. The van der Waals surface area contributed by atoms with Crippen LogP contribution in [0.2, 0.25) is 0 Å². The molecule has 1 saturated carbocycles. The summed E-state index contributed by atoms with van der Waals surface area (Å²) >= 11 is 0. The SMILES string of the molecule is CCCCOC1CCC(Oc2ccc(CCNC(C)=O)c(-c3cccc(F)c3)c2)C(O)C1O. The fourth-order valence-corrected chi connectivity index (χ4v) is 4.12. The van der Waals surface area contributed by atoms with Gasteiger partial charge in [0.25, 0.3) is 0 Å². The second-order valence-electron chi connectivity index (χ2n) is 8.54. The van der Waals surface area contributed by atoms with Crippen molar-refractivity contribution in [2.24, 2.45) is 0 Å². The zero-order valence-electron chi connectivity index (χ0n) is 19.3. The smallest absolute Gasteiger partial charge is 0.216 e. The van der Waals surface area contributed by atoms with Crippen LogP contribution in [0.15, 0.2) is 42.5 Å². The topological polar surface area (TPSA) is 88.0 Å². The second kappa shape index (κ2) is 12.1. The molecular weight excluding hydrogens is 425 g/mol. The van der Waals surface area contributed by atoms with E-state index in [1.54, 1.807) is 12.1 Å². The van der Waals surface area contributed by atoms with Crippen molar-refractivity contribution in [3.8, 4) is 16.9 Å². The van der Waals surface area contributed by atoms with Crippen LogP contribution in [0.4, 0.5) is 4.39 Å². The molecule has 33 heavy (non-hydrogen) atoms. The van der Waals surface area contributed by atoms with Gasteiger partial charge < -0.3 is 25.0 Å². The first-order chi connectivity index (χ1) is 15.9. The van der Waals surface area contributed by atoms with Crippen LogP contribution in [0.3, 0.4) is 0 Å². The van der Waals surface area contributed by atoms with E-state index in [1.165, 1.54) is 19.1 Å². The van der Waals surface area contributed by atoms with Gasteiger partial charge in [0, 0.05) is 20.1 Å². The molecule has 1 fully saturated rings. The highest BCUT2D eigenvalue weighted by Crippen LogP contribution is 2.32. The van der Waals surface area contributed by atoms with Crippen LogP contribution in [0, 0.1) is 5.82 Å². The Bertz CT molecular complexity index is 921. The van der Waals surface area contributed by atoms with Gasteiger partial charge in [-0.05, 0) is 66.6 Å². The highest BCUT2D eigenvalue weighted by Gasteiger charge is 2.39. The molecule has 2 aromatic carbocycles. The predicted molar refractivity (Wildman–Crippen MR) is 125 cm³/mol. The summed E-state index contributed by atoms with van der Waals surface area (Å²) in [4.78, 5) is 11.2. The van der Waals surface area contributed by atoms with Crippen molar-refractivity contribution >= 4 is 5.91 Å². The molecule has 3 rings (SSSR count). The second-order valence-corrected chi connectivity index (χ2v) is 8.54. The van der Waals surface area contributed by atoms with Gasteiger partial charge in [-0.2, -0.15) is 0 Å². The Morgan fingerprint density at radius 3 is 2.61 bits per heavy atom. The van der Waals surface area contributed by atoms with Gasteiger partial charge in [0.1, 0.15) is 29.9 Å². The summed E-state index contributed by atoms with van der Waals surface area (Å²) in [5, 5.41) is 23.9. The third kappa shape index (κ3) is 7.00. The lowest BCUT2D eigenvalue weighted by atomic mass is 9.89. The summed E-state index contributed by atoms with van der Waals surface area (Å²) in [6.07, 6.45) is 0.590. The Kier molecular flexibility index (Phi) is 9.23. The molecule has 0 heterocycles. The van der Waals surface area contributed by atoms with Crippen LogP contribution in [-0.4, -0.2) is 53.7 Å². The number of amides is 1. The molecule has 2 aromatic rings. The van der Waals surface area contributed by atoms with Gasteiger partial charge in [-0.1, -0.05) is 31.5 Å². The van der Waals surface area contributed by atoms with E-state index in [-0.39, 0.29) is 11.7 Å². The molecule has 180 valence electrons. The maximum Gasteiger partial charge on any atom is 0.216 e. The number of aliphatic hydroxyl groups is 2. The fourth-order valence-electron chi connectivity index (χ4n) is 4.12. The Morgan fingerprint density at radius 1 is 1.12 bits per heavy atom. The number of nitrogens with one attached hydrogen (secondary N) is 1. The van der Waals surface area contributed by atoms with E-state index in [0.717, 1.165) is 24.0 Å². The minimum absolute atomic E-state index is 0.107. The molecule has 1 aliphatic rings. The monoisotopic (exact) mass is 459 g/mol. The summed E-state index contributed by atoms with van der Waals surface area (Å²) in [5.74, 6) is 0.0785. The molecule has 1 aliphatic carbocycles. The minimum atomic E-state index is -1.07. The zero-order chi connectivity index (χ0) is 23.8. The van der Waals surface area contributed by atoms with Crippen LogP contribution in [-0.2, 0) is 16.0 Å². The predicted octanol–water partition coefficient (Wildman–Crippen LogP) is 3.62. The van der Waals surface area contributed by atoms with Crippen molar-refractivity contribution in [1.82, 2.24) is 5.32 Å². The Labute approximate surface area is 194 Å². The highest BCUT2D eigenvalue weighted by atomic mass is 19.1. The summed E-state index contributed by atoms with van der Waals surface area (Å²) in [5.41, 5.74) is 2.44. The maximum atomic E-state index is 13.9. The van der Waals surface area contributed by atoms with E-state index in [0.29, 0.717) is 43.7 Å². The van der Waals surface area contributed by atoms with E-state index < -0.39 is 24.4 Å². The van der Waals surface area contributed by atoms with Crippen LogP contribution < -0.4 is 10.1 Å². The molecule has 0 saturated heterocycles. The van der Waals surface area contributed by atoms with Crippen molar-refractivity contribution in [3.63, 3.8) is 0 Å². The number of rotatable bonds is 10. The molecule has 3 N–H and O–H groups in total. The largest absolute Gasteiger partial charge is 0.488 e. The van der Waals surface area contributed by atoms with Gasteiger partial charge in [-0.25, -0.2) is 4.39 Å². The number of benzene rings is 2. The molecule has 0 aliphatic heterocycles. The third-order valence-corrected chi connectivity index (χ3v) is 5.95. The number of aliphatic hydroxyl groups excluding tert-OH is 2. The molecule has 0 spiro atoms. The maximum absolute atomic E-state index is 13.9. The van der Waals surface area contributed by atoms with Crippen molar-refractivity contribution < 1.29 is 28.9 Å². The Balaban J connectivity index is 1.75. The number of unbranched alkanes of at least 4 members (excludes halogenated alkanes) is 1. The third-order valence-electron chi connectivity index (χ3n) is 5.95. The summed E-state index contributed by atoms with van der Waals surface area (Å²) < 4.78 is 25.7. The van der Waals surface area contributed by atoms with Crippen molar-refractivity contribution in [2.45, 2.75) is 70.4 Å². The average Bonchev–Trinajstić information content (AvgIpc) is 2.79. The molecule has 0 radical (unpaired) electrons. The Hall–Kier alpha value is -2.48. The summed E-state index contributed by atoms with van der Waals surface area (Å²) in [7, 11) is 0. The molecule has 1 amide bonds. The van der Waals surface area contributed by atoms with Gasteiger partial charge in [-0.3, -0.25) is 4.79 Å². The molecule has 0 aromatic heterocycles. The van der Waals surface area contributed by atoms with Crippen LogP contribution >= 0.6 is 0 Å². The van der Waals surface area contributed by atoms with E-state index in [9.17, 15) is 19.4 Å². The van der Waals surface area contributed by atoms with Gasteiger partial charge in [0.15, 0.2) is 0 Å². The van der Waals surface area contributed by atoms with Gasteiger partial charge in [0.05, 0.1) is 6.10 Å². The van der Waals surface area contributed by atoms with E-state index in [2.05, 4.69) is 12.2 Å². The average molecular weight is 460 g/mol. The lowest BCUT2D eigenvalue weighted by Crippen LogP contribution is -2.52. The molecule has 6 nitrogen and oxygen atoms in total. The number of halogens is 1. The zero-order valence-corrected chi connectivity index (χ0v) is 19.3.